The molecule has 276 valence electrons. The van der Waals surface area contributed by atoms with Crippen LogP contribution in [0.5, 0.6) is 11.8 Å². The molecule has 2 fully saturated rings. The molecular formula is C36H38F2N5O7PSTl+. The Morgan fingerprint density at radius 3 is 2.49 bits per heavy atom. The number of carbonyl (C=O) groups is 1. The molecule has 4 aromatic rings. The second kappa shape index (κ2) is 17.0. The first-order valence-electron chi connectivity index (χ1n) is 16.8. The van der Waals surface area contributed by atoms with E-state index < -0.39 is 46.6 Å². The maximum absolute atomic E-state index is 17.2. The zero-order chi connectivity index (χ0) is 37.9. The minimum atomic E-state index is -1.59. The van der Waals surface area contributed by atoms with Gasteiger partial charge in [0.05, 0.1) is 12.1 Å². The van der Waals surface area contributed by atoms with Crippen LogP contribution in [-0.2, 0) is 30.8 Å². The third-order valence-corrected chi connectivity index (χ3v) is 15.2. The summed E-state index contributed by atoms with van der Waals surface area (Å²) in [5.41, 5.74) is -0.416. The normalized spacial score (nSPS) is 16.8. The minimum absolute atomic E-state index is 0.0651. The fraction of sp³-hybridized carbons (Fsp3) is 0.444. The van der Waals surface area contributed by atoms with Crippen molar-refractivity contribution in [2.45, 2.75) is 57.6 Å². The number of hydrogen-bond donors (Lipinski definition) is 0. The number of halogens is 2. The number of anilines is 1. The Morgan fingerprint density at radius 1 is 1.09 bits per heavy atom. The van der Waals surface area contributed by atoms with Crippen molar-refractivity contribution < 1.29 is 42.0 Å². The molecule has 2 aliphatic heterocycles. The van der Waals surface area contributed by atoms with Crippen molar-refractivity contribution in [1.29, 1.82) is 0 Å². The molecule has 0 spiro atoms. The van der Waals surface area contributed by atoms with E-state index in [1.807, 2.05) is 30.6 Å². The summed E-state index contributed by atoms with van der Waals surface area (Å²) in [6.07, 6.45) is 1.97. The van der Waals surface area contributed by atoms with Gasteiger partial charge in [-0.15, -0.1) is 0 Å². The van der Waals surface area contributed by atoms with Crippen LogP contribution in [0, 0.1) is 21.0 Å². The predicted molar refractivity (Wildman–Crippen MR) is 200 cm³/mol. The van der Waals surface area contributed by atoms with Gasteiger partial charge in [-0.05, 0) is 33.6 Å². The summed E-state index contributed by atoms with van der Waals surface area (Å²) in [4.78, 5) is 30.9. The van der Waals surface area contributed by atoms with Crippen LogP contribution in [0.1, 0.15) is 39.2 Å². The summed E-state index contributed by atoms with van der Waals surface area (Å²) in [6, 6.07) is 5.81. The van der Waals surface area contributed by atoms with Gasteiger partial charge in [-0.2, -0.15) is 0 Å². The Hall–Kier alpha value is -3.27. The van der Waals surface area contributed by atoms with Gasteiger partial charge in [0.15, 0.2) is 6.29 Å². The van der Waals surface area contributed by atoms with Crippen LogP contribution < -0.4 is 14.4 Å². The number of pyridine rings is 1. The van der Waals surface area contributed by atoms with Crippen LogP contribution in [0.4, 0.5) is 19.4 Å². The molecule has 2 saturated heterocycles. The van der Waals surface area contributed by atoms with Gasteiger partial charge < -0.3 is 14.2 Å². The molecule has 2 bridgehead atoms. The molecule has 2 aromatic heterocycles. The summed E-state index contributed by atoms with van der Waals surface area (Å²) in [6.45, 7) is 6.22. The van der Waals surface area contributed by atoms with Crippen LogP contribution in [-0.4, -0.2) is 121 Å². The topological polar surface area (TPSA) is 118 Å². The molecule has 2 unspecified atom stereocenters. The Labute approximate surface area is 323 Å². The first-order valence-corrected chi connectivity index (χ1v) is 27.1. The van der Waals surface area contributed by atoms with Gasteiger partial charge in [0.2, 0.25) is 0 Å². The van der Waals surface area contributed by atoms with Crippen molar-refractivity contribution in [3.8, 4) is 32.4 Å². The van der Waals surface area contributed by atoms with Crippen LogP contribution in [0.25, 0.3) is 32.9 Å². The van der Waals surface area contributed by atoms with Crippen molar-refractivity contribution in [2.75, 3.05) is 52.7 Å². The Bertz CT molecular complexity index is 2140. The van der Waals surface area contributed by atoms with Gasteiger partial charge in [0.25, 0.3) is 0 Å². The summed E-state index contributed by atoms with van der Waals surface area (Å²) >= 11 is 3.52. The number of fused-ring (bicyclic) bond motifs is 4. The van der Waals surface area contributed by atoms with E-state index in [1.165, 1.54) is 33.6 Å². The second-order valence-corrected chi connectivity index (χ2v) is 26.1. The number of benzene rings is 2. The summed E-state index contributed by atoms with van der Waals surface area (Å²) in [5, 5.41) is 1.28. The van der Waals surface area contributed by atoms with E-state index in [0.29, 0.717) is 40.8 Å². The number of rotatable bonds is 10. The quantitative estimate of drug-likeness (QED) is 0.0801. The molecule has 17 heteroatoms. The number of piperazine rings is 1. The molecule has 0 aliphatic carbocycles. The number of carbonyl (C=O) groups excluding carboxylic acids is 1. The average molecular weight is 958 g/mol. The van der Waals surface area contributed by atoms with E-state index >= 15 is 8.78 Å². The Kier molecular flexibility index (Phi) is 12.7. The van der Waals surface area contributed by atoms with Gasteiger partial charge in [-0.25, -0.2) is 4.79 Å². The molecule has 0 N–H and O–H groups in total. The SMILES string of the molecule is COCOc1cc(-c2ncc3c(N4CC5CCC(C4)N5C(=O)OC(C)(C)C)nc(OCC(OC)OC)nc3c2F)c2c(C#[C][Tl]=[P+]=S)c(F)ccc2c1. The number of amides is 1. The molecule has 0 radical (unpaired) electrons. The summed E-state index contributed by atoms with van der Waals surface area (Å²) in [5.74, 6) is 2.42. The van der Waals surface area contributed by atoms with Gasteiger partial charge in [0, 0.05) is 14.2 Å². The van der Waals surface area contributed by atoms with Crippen LogP contribution in [0.15, 0.2) is 30.5 Å². The van der Waals surface area contributed by atoms with Crippen molar-refractivity contribution in [3.05, 3.63) is 47.7 Å². The molecular weight excluding hydrogens is 920 g/mol. The third kappa shape index (κ3) is 8.68. The van der Waals surface area contributed by atoms with Gasteiger partial charge in [-0.1, -0.05) is 0 Å². The standard InChI is InChI=1S/C36H38F2N5O7.PS.Tl/c1-8-24-27(37)12-9-20-13-23(49-19-45-5)14-25(29(20)24)31-30(38)32-26(15-39-31)33(41-34(40-32)48-18-28(46-6)47-7)42-16-21-10-11-22(17-42)43(21)35(44)50-36(2,3)4;1-2;/h9,12-15,21-22,28H,10-11,16-19H2,2-7H3;;/q;-1;+2. The molecule has 6 rings (SSSR count). The Balaban J connectivity index is 1.51. The first-order chi connectivity index (χ1) is 25.5. The number of aromatic nitrogens is 3. The van der Waals surface area contributed by atoms with Gasteiger partial charge in [0.1, 0.15) is 5.60 Å². The number of nitrogens with zero attached hydrogens (tertiary/aromatic N) is 5. The van der Waals surface area contributed by atoms with Crippen LogP contribution in [0.3, 0.4) is 0 Å². The maximum atomic E-state index is 17.2. The fourth-order valence-electron chi connectivity index (χ4n) is 6.64. The predicted octanol–water partition coefficient (Wildman–Crippen LogP) is 6.03. The molecule has 12 nitrogen and oxygen atoms in total. The zero-order valence-electron chi connectivity index (χ0n) is 30.1. The summed E-state index contributed by atoms with van der Waals surface area (Å²) in [7, 11) is 4.43. The first kappa shape index (κ1) is 39.4. The number of ether oxygens (including phenoxy) is 6. The van der Waals surface area contributed by atoms with E-state index in [4.69, 9.17) is 45.2 Å². The molecule has 2 aromatic carbocycles. The van der Waals surface area contributed by atoms with Crippen LogP contribution >= 0.6 is 4.00 Å². The molecule has 1 amide bonds. The molecule has 0 saturated carbocycles. The van der Waals surface area contributed by atoms with E-state index in [-0.39, 0.29) is 59.9 Å². The molecule has 4 heterocycles. The zero-order valence-corrected chi connectivity index (χ0v) is 36.3. The van der Waals surface area contributed by atoms with E-state index in [0.717, 1.165) is 16.8 Å². The number of methoxy groups -OCH3 is 3. The van der Waals surface area contributed by atoms with Gasteiger partial charge in [-0.3, -0.25) is 4.90 Å². The van der Waals surface area contributed by atoms with E-state index in [1.54, 1.807) is 18.2 Å². The third-order valence-electron chi connectivity index (χ3n) is 8.86. The van der Waals surface area contributed by atoms with Crippen LogP contribution in [0.2, 0.25) is 0 Å². The van der Waals surface area contributed by atoms with Crippen molar-refractivity contribution in [3.63, 3.8) is 0 Å². The van der Waals surface area contributed by atoms with Crippen molar-refractivity contribution in [1.82, 2.24) is 19.9 Å². The molecule has 2 aliphatic rings. The molecule has 2 atom stereocenters. The number of hydrogen-bond acceptors (Lipinski definition) is 12. The van der Waals surface area contributed by atoms with Crippen molar-refractivity contribution >= 4 is 72.5 Å². The van der Waals surface area contributed by atoms with E-state index in [2.05, 4.69) is 19.4 Å². The van der Waals surface area contributed by atoms with E-state index in [9.17, 15) is 4.79 Å². The summed E-state index contributed by atoms with van der Waals surface area (Å²) < 4.78 is 69.7. The fourth-order valence-corrected chi connectivity index (χ4v) is 10.1. The van der Waals surface area contributed by atoms with Crippen molar-refractivity contribution in [2.24, 2.45) is 0 Å². The molecule has 53 heavy (non-hydrogen) atoms. The average Bonchev–Trinajstić information content (AvgIpc) is 3.40. The Morgan fingerprint density at radius 2 is 1.83 bits per heavy atom. The second-order valence-electron chi connectivity index (χ2n) is 13.4. The van der Waals surface area contributed by atoms with Gasteiger partial charge >= 0.3 is 229 Å². The monoisotopic (exact) mass is 958 g/mol.